The van der Waals surface area contributed by atoms with Crippen molar-refractivity contribution in [3.05, 3.63) is 29.5 Å². The molecule has 0 aliphatic rings. The van der Waals surface area contributed by atoms with Gasteiger partial charge in [0.2, 0.25) is 0 Å². The third-order valence-electron chi connectivity index (χ3n) is 0.922. The number of ketones is 1. The lowest BCUT2D eigenvalue weighted by Crippen LogP contribution is -2.76. The van der Waals surface area contributed by atoms with Crippen LogP contribution in [0.1, 0.15) is 6.92 Å². The molecule has 3 nitrogen and oxygen atoms in total. The van der Waals surface area contributed by atoms with Crippen LogP contribution in [0.5, 0.6) is 0 Å². The summed E-state index contributed by atoms with van der Waals surface area (Å²) in [5, 5.41) is 9.77. The van der Waals surface area contributed by atoms with E-state index in [-0.39, 0.29) is 5.78 Å². The summed E-state index contributed by atoms with van der Waals surface area (Å²) >= 11 is 0. The highest BCUT2D eigenvalue weighted by atomic mass is 16.5. The standard InChI is InChI=1S/C7H11NO2/c1-6(2)7(9)4-3-5-8-10/h3-4H,1,5,8H2,2H3. The van der Waals surface area contributed by atoms with Gasteiger partial charge >= 0.3 is 0 Å². The highest BCUT2D eigenvalue weighted by molar-refractivity contribution is 6.02. The predicted molar refractivity (Wildman–Crippen MR) is 39.1 cm³/mol. The van der Waals surface area contributed by atoms with Crippen LogP contribution in [-0.4, -0.2) is 12.3 Å². The van der Waals surface area contributed by atoms with Gasteiger partial charge in [-0.3, -0.25) is 4.79 Å². The van der Waals surface area contributed by atoms with Gasteiger partial charge in [-0.05, 0) is 24.6 Å². The van der Waals surface area contributed by atoms with Gasteiger partial charge in [0.1, 0.15) is 0 Å². The molecule has 0 aromatic rings. The topological polar surface area (TPSA) is 56.7 Å². The normalized spacial score (nSPS) is 10.2. The first-order valence-corrected chi connectivity index (χ1v) is 2.98. The summed E-state index contributed by atoms with van der Waals surface area (Å²) in [6.45, 7) is 5.37. The molecule has 0 aromatic heterocycles. The van der Waals surface area contributed by atoms with Gasteiger partial charge in [-0.15, -0.1) is 0 Å². The van der Waals surface area contributed by atoms with E-state index in [9.17, 15) is 10.0 Å². The van der Waals surface area contributed by atoms with Crippen LogP contribution >= 0.6 is 0 Å². The summed E-state index contributed by atoms with van der Waals surface area (Å²) in [6.07, 6.45) is 2.88. The molecule has 3 heteroatoms. The summed E-state index contributed by atoms with van der Waals surface area (Å²) in [6, 6.07) is 0. The van der Waals surface area contributed by atoms with Crippen molar-refractivity contribution in [3.8, 4) is 0 Å². The molecule has 0 atom stereocenters. The first kappa shape index (κ1) is 9.07. The van der Waals surface area contributed by atoms with Crippen molar-refractivity contribution in [2.24, 2.45) is 0 Å². The summed E-state index contributed by atoms with van der Waals surface area (Å²) in [4.78, 5) is 10.7. The number of nitrogens with two attached hydrogens (primary N) is 1. The van der Waals surface area contributed by atoms with E-state index in [0.717, 1.165) is 5.48 Å². The maximum Gasteiger partial charge on any atom is 0.180 e. The molecule has 2 N–H and O–H groups in total. The molecule has 0 aromatic carbocycles. The third-order valence-corrected chi connectivity index (χ3v) is 0.922. The van der Waals surface area contributed by atoms with Crippen molar-refractivity contribution in [3.63, 3.8) is 0 Å². The lowest BCUT2D eigenvalue weighted by atomic mass is 10.2. The van der Waals surface area contributed by atoms with E-state index in [4.69, 9.17) is 0 Å². The summed E-state index contributed by atoms with van der Waals surface area (Å²) in [5.41, 5.74) is 1.23. The van der Waals surface area contributed by atoms with Crippen LogP contribution in [-0.2, 0) is 4.79 Å². The van der Waals surface area contributed by atoms with Gasteiger partial charge in [-0.2, -0.15) is 0 Å². The highest BCUT2D eigenvalue weighted by Gasteiger charge is 1.93. The Balaban J connectivity index is 3.67. The van der Waals surface area contributed by atoms with Gasteiger partial charge in [0, 0.05) is 0 Å². The molecule has 0 aliphatic heterocycles. The zero-order valence-electron chi connectivity index (χ0n) is 5.96. The Hall–Kier alpha value is -0.930. The number of quaternary nitrogens is 1. The first-order chi connectivity index (χ1) is 4.68. The fourth-order valence-corrected chi connectivity index (χ4v) is 0.373. The van der Waals surface area contributed by atoms with Crippen molar-refractivity contribution < 1.29 is 10.3 Å². The van der Waals surface area contributed by atoms with Crippen LogP contribution in [0.4, 0.5) is 0 Å². The average molecular weight is 141 g/mol. The SMILES string of the molecule is C=C(C)C(=O)C=CC[NH2+][O-]. The molecule has 0 amide bonds. The molecule has 10 heavy (non-hydrogen) atoms. The Bertz CT molecular complexity index is 161. The Kier molecular flexibility index (Phi) is 4.45. The smallest absolute Gasteiger partial charge is 0.180 e. The van der Waals surface area contributed by atoms with Crippen LogP contribution in [0.2, 0.25) is 0 Å². The number of carbonyl (C=O) groups is 1. The molecule has 0 radical (unpaired) electrons. The van der Waals surface area contributed by atoms with Gasteiger partial charge in [-0.25, -0.2) is 0 Å². The number of hydrogen-bond acceptors (Lipinski definition) is 2. The second-order valence-electron chi connectivity index (χ2n) is 1.95. The fraction of sp³-hybridized carbons (Fsp3) is 0.286. The van der Waals surface area contributed by atoms with Gasteiger partial charge in [0.05, 0.1) is 6.54 Å². The second-order valence-corrected chi connectivity index (χ2v) is 1.95. The number of rotatable bonds is 4. The maximum absolute atomic E-state index is 10.7. The fourth-order valence-electron chi connectivity index (χ4n) is 0.373. The summed E-state index contributed by atoms with van der Waals surface area (Å²) < 4.78 is 0. The third kappa shape index (κ3) is 4.00. The van der Waals surface area contributed by atoms with Crippen LogP contribution in [0, 0.1) is 5.21 Å². The Morgan fingerprint density at radius 1 is 1.80 bits per heavy atom. The molecular weight excluding hydrogens is 130 g/mol. The number of carbonyl (C=O) groups excluding carboxylic acids is 1. The highest BCUT2D eigenvalue weighted by Crippen LogP contribution is 1.89. The van der Waals surface area contributed by atoms with E-state index in [2.05, 4.69) is 6.58 Å². The van der Waals surface area contributed by atoms with Gasteiger partial charge in [0.25, 0.3) is 0 Å². The van der Waals surface area contributed by atoms with Crippen molar-refractivity contribution in [2.75, 3.05) is 6.54 Å². The molecule has 0 spiro atoms. The summed E-state index contributed by atoms with van der Waals surface area (Å²) in [7, 11) is 0. The van der Waals surface area contributed by atoms with Gasteiger partial charge < -0.3 is 10.7 Å². The van der Waals surface area contributed by atoms with E-state index >= 15 is 0 Å². The van der Waals surface area contributed by atoms with E-state index in [1.54, 1.807) is 6.92 Å². The number of hydroxylamine groups is 1. The molecular formula is C7H11NO2. The Morgan fingerprint density at radius 2 is 2.40 bits per heavy atom. The molecule has 0 bridgehead atoms. The zero-order valence-corrected chi connectivity index (χ0v) is 5.96. The van der Waals surface area contributed by atoms with Crippen LogP contribution in [0.3, 0.4) is 0 Å². The van der Waals surface area contributed by atoms with E-state index in [1.165, 1.54) is 12.2 Å². The Morgan fingerprint density at radius 3 is 2.80 bits per heavy atom. The molecule has 0 heterocycles. The lowest BCUT2D eigenvalue weighted by Gasteiger charge is -1.94. The molecule has 0 unspecified atom stereocenters. The largest absolute Gasteiger partial charge is 0.636 e. The van der Waals surface area contributed by atoms with E-state index < -0.39 is 0 Å². The lowest BCUT2D eigenvalue weighted by molar-refractivity contribution is -0.578. The molecule has 0 fully saturated rings. The van der Waals surface area contributed by atoms with Gasteiger partial charge in [0.15, 0.2) is 5.78 Å². The number of hydrogen-bond donors (Lipinski definition) is 1. The Labute approximate surface area is 60.0 Å². The predicted octanol–water partition coefficient (Wildman–Crippen LogP) is -0.251. The number of allylic oxidation sites excluding steroid dienone is 2. The molecule has 0 aliphatic carbocycles. The van der Waals surface area contributed by atoms with E-state index in [1.807, 2.05) is 0 Å². The molecule has 56 valence electrons. The second kappa shape index (κ2) is 4.90. The van der Waals surface area contributed by atoms with Gasteiger partial charge in [-0.1, -0.05) is 6.58 Å². The monoisotopic (exact) mass is 141 g/mol. The summed E-state index contributed by atoms with van der Waals surface area (Å²) in [5.74, 6) is -0.123. The minimum Gasteiger partial charge on any atom is -0.636 e. The minimum absolute atomic E-state index is 0.123. The van der Waals surface area contributed by atoms with Crippen molar-refractivity contribution in [2.45, 2.75) is 6.92 Å². The average Bonchev–Trinajstić information content (AvgIpc) is 1.88. The van der Waals surface area contributed by atoms with Crippen LogP contribution in [0.15, 0.2) is 24.3 Å². The van der Waals surface area contributed by atoms with Crippen LogP contribution in [0.25, 0.3) is 0 Å². The molecule has 0 saturated carbocycles. The molecule has 0 rings (SSSR count). The van der Waals surface area contributed by atoms with Crippen molar-refractivity contribution in [1.29, 1.82) is 0 Å². The minimum atomic E-state index is -0.123. The first-order valence-electron chi connectivity index (χ1n) is 2.98. The quantitative estimate of drug-likeness (QED) is 0.433. The molecule has 0 saturated heterocycles. The van der Waals surface area contributed by atoms with Crippen molar-refractivity contribution in [1.82, 2.24) is 0 Å². The van der Waals surface area contributed by atoms with E-state index in [0.29, 0.717) is 12.1 Å². The van der Waals surface area contributed by atoms with Crippen molar-refractivity contribution >= 4 is 5.78 Å². The maximum atomic E-state index is 10.7. The van der Waals surface area contributed by atoms with Crippen LogP contribution < -0.4 is 5.48 Å². The zero-order chi connectivity index (χ0) is 7.98.